The standard InChI is InChI=1S/C14H12F4N2O2S/c1-8(21)6-13(2,19-7-23)10-5-9(3-4-11(10)15)20-12(22)14(16,17)18/h3-5H,6H2,1-2H3,(H,20,22). The highest BCUT2D eigenvalue weighted by atomic mass is 32.1. The number of amides is 1. The van der Waals surface area contributed by atoms with Crippen molar-refractivity contribution in [3.63, 3.8) is 0 Å². The quantitative estimate of drug-likeness (QED) is 0.502. The van der Waals surface area contributed by atoms with Crippen molar-refractivity contribution < 1.29 is 27.2 Å². The zero-order valence-electron chi connectivity index (χ0n) is 12.1. The van der Waals surface area contributed by atoms with Crippen LogP contribution in [0.1, 0.15) is 25.8 Å². The molecule has 1 atom stereocenters. The van der Waals surface area contributed by atoms with E-state index in [0.29, 0.717) is 0 Å². The molecule has 0 aromatic heterocycles. The lowest BCUT2D eigenvalue weighted by Crippen LogP contribution is -2.30. The minimum Gasteiger partial charge on any atom is -0.318 e. The van der Waals surface area contributed by atoms with Gasteiger partial charge in [0.2, 0.25) is 0 Å². The zero-order valence-corrected chi connectivity index (χ0v) is 12.9. The Morgan fingerprint density at radius 2 is 1.96 bits per heavy atom. The van der Waals surface area contributed by atoms with Gasteiger partial charge in [-0.1, -0.05) is 0 Å². The van der Waals surface area contributed by atoms with Gasteiger partial charge in [-0.25, -0.2) is 9.38 Å². The van der Waals surface area contributed by atoms with Crippen LogP contribution in [0.15, 0.2) is 23.2 Å². The van der Waals surface area contributed by atoms with Crippen molar-refractivity contribution in [2.24, 2.45) is 4.99 Å². The molecule has 0 heterocycles. The van der Waals surface area contributed by atoms with Gasteiger partial charge in [0.05, 0.1) is 5.16 Å². The molecule has 0 saturated heterocycles. The summed E-state index contributed by atoms with van der Waals surface area (Å²) < 4.78 is 50.8. The number of benzene rings is 1. The number of hydrogen-bond donors (Lipinski definition) is 1. The highest BCUT2D eigenvalue weighted by molar-refractivity contribution is 7.78. The number of alkyl halides is 3. The second-order valence-corrected chi connectivity index (χ2v) is 5.18. The molecule has 0 spiro atoms. The van der Waals surface area contributed by atoms with Crippen molar-refractivity contribution in [1.82, 2.24) is 0 Å². The number of aliphatic imine (C=N–C) groups is 1. The summed E-state index contributed by atoms with van der Waals surface area (Å²) in [5, 5.41) is 3.66. The van der Waals surface area contributed by atoms with Gasteiger partial charge in [-0.15, -0.1) is 0 Å². The van der Waals surface area contributed by atoms with Crippen LogP contribution >= 0.6 is 12.2 Å². The molecule has 0 radical (unpaired) electrons. The van der Waals surface area contributed by atoms with Gasteiger partial charge in [-0.3, -0.25) is 9.59 Å². The summed E-state index contributed by atoms with van der Waals surface area (Å²) in [4.78, 5) is 26.1. The summed E-state index contributed by atoms with van der Waals surface area (Å²) in [7, 11) is 0. The molecule has 0 fully saturated rings. The van der Waals surface area contributed by atoms with Gasteiger partial charge < -0.3 is 5.32 Å². The topological polar surface area (TPSA) is 58.5 Å². The van der Waals surface area contributed by atoms with Crippen molar-refractivity contribution in [1.29, 1.82) is 0 Å². The maximum absolute atomic E-state index is 14.0. The van der Waals surface area contributed by atoms with E-state index in [4.69, 9.17) is 0 Å². The average Bonchev–Trinajstić information content (AvgIpc) is 2.39. The van der Waals surface area contributed by atoms with E-state index in [1.54, 1.807) is 5.32 Å². The predicted molar refractivity (Wildman–Crippen MR) is 78.8 cm³/mol. The summed E-state index contributed by atoms with van der Waals surface area (Å²) in [6.45, 7) is 2.64. The molecule has 1 aromatic carbocycles. The smallest absolute Gasteiger partial charge is 0.318 e. The lowest BCUT2D eigenvalue weighted by Gasteiger charge is -2.24. The van der Waals surface area contributed by atoms with Crippen molar-refractivity contribution in [2.75, 3.05) is 5.32 Å². The fourth-order valence-electron chi connectivity index (χ4n) is 2.00. The van der Waals surface area contributed by atoms with E-state index in [2.05, 4.69) is 17.2 Å². The number of isothiocyanates is 1. The number of ketones is 1. The number of carbonyl (C=O) groups excluding carboxylic acids is 2. The van der Waals surface area contributed by atoms with Gasteiger partial charge in [0.1, 0.15) is 17.1 Å². The van der Waals surface area contributed by atoms with Gasteiger partial charge in [-0.05, 0) is 44.3 Å². The average molecular weight is 348 g/mol. The molecular formula is C14H12F4N2O2S. The first-order valence-corrected chi connectivity index (χ1v) is 6.67. The molecule has 0 saturated carbocycles. The van der Waals surface area contributed by atoms with Crippen molar-refractivity contribution in [2.45, 2.75) is 32.0 Å². The largest absolute Gasteiger partial charge is 0.471 e. The predicted octanol–water partition coefficient (Wildman–Crippen LogP) is 3.62. The molecule has 1 aromatic rings. The minimum absolute atomic E-state index is 0.176. The third kappa shape index (κ3) is 4.94. The number of nitrogens with one attached hydrogen (secondary N) is 1. The van der Waals surface area contributed by atoms with E-state index in [1.165, 1.54) is 13.8 Å². The van der Waals surface area contributed by atoms with Crippen molar-refractivity contribution >= 4 is 34.8 Å². The van der Waals surface area contributed by atoms with E-state index < -0.39 is 23.4 Å². The molecule has 1 amide bonds. The van der Waals surface area contributed by atoms with Crippen LogP contribution in [-0.4, -0.2) is 23.0 Å². The first-order valence-electron chi connectivity index (χ1n) is 6.26. The molecule has 0 aliphatic heterocycles. The summed E-state index contributed by atoms with van der Waals surface area (Å²) >= 11 is 4.48. The second kappa shape index (κ2) is 6.97. The van der Waals surface area contributed by atoms with Crippen LogP contribution in [0.5, 0.6) is 0 Å². The van der Waals surface area contributed by atoms with E-state index in [-0.39, 0.29) is 23.5 Å². The normalized spacial score (nSPS) is 13.7. The van der Waals surface area contributed by atoms with Gasteiger partial charge in [-0.2, -0.15) is 13.2 Å². The first-order chi connectivity index (χ1) is 10.5. The fourth-order valence-corrected chi connectivity index (χ4v) is 2.20. The maximum Gasteiger partial charge on any atom is 0.471 e. The van der Waals surface area contributed by atoms with Gasteiger partial charge in [0.15, 0.2) is 0 Å². The summed E-state index contributed by atoms with van der Waals surface area (Å²) in [5.41, 5.74) is -1.89. The Morgan fingerprint density at radius 1 is 1.35 bits per heavy atom. The Hall–Kier alpha value is -2.12. The summed E-state index contributed by atoms with van der Waals surface area (Å²) in [6.07, 6.45) is -5.31. The number of nitrogens with zero attached hydrogens (tertiary/aromatic N) is 1. The van der Waals surface area contributed by atoms with E-state index >= 15 is 0 Å². The number of hydrogen-bond acceptors (Lipinski definition) is 4. The molecule has 0 aliphatic carbocycles. The molecule has 1 N–H and O–H groups in total. The van der Waals surface area contributed by atoms with Crippen LogP contribution in [-0.2, 0) is 15.1 Å². The third-order valence-corrected chi connectivity index (χ3v) is 3.04. The van der Waals surface area contributed by atoms with Crippen LogP contribution in [0, 0.1) is 5.82 Å². The first kappa shape index (κ1) is 18.9. The van der Waals surface area contributed by atoms with Crippen molar-refractivity contribution in [3.8, 4) is 0 Å². The van der Waals surface area contributed by atoms with Crippen LogP contribution in [0.4, 0.5) is 23.2 Å². The Bertz CT molecular complexity index is 684. The number of Topliss-reactive ketones (excluding diaryl/α,β-unsaturated/α-hetero) is 1. The molecule has 9 heteroatoms. The van der Waals surface area contributed by atoms with Gasteiger partial charge in [0, 0.05) is 17.7 Å². The fraction of sp³-hybridized carbons (Fsp3) is 0.357. The molecule has 23 heavy (non-hydrogen) atoms. The third-order valence-electron chi connectivity index (χ3n) is 2.95. The van der Waals surface area contributed by atoms with E-state index in [9.17, 15) is 27.2 Å². The number of rotatable bonds is 5. The van der Waals surface area contributed by atoms with Crippen LogP contribution in [0.2, 0.25) is 0 Å². The summed E-state index contributed by atoms with van der Waals surface area (Å²) in [6, 6.07) is 2.83. The molecule has 0 bridgehead atoms. The van der Waals surface area contributed by atoms with Gasteiger partial charge in [0.25, 0.3) is 0 Å². The summed E-state index contributed by atoms with van der Waals surface area (Å²) in [5.74, 6) is -3.32. The van der Waals surface area contributed by atoms with Crippen LogP contribution in [0.3, 0.4) is 0 Å². The Balaban J connectivity index is 3.30. The number of anilines is 1. The zero-order chi connectivity index (χ0) is 17.8. The molecule has 4 nitrogen and oxygen atoms in total. The monoisotopic (exact) mass is 348 g/mol. The Kier molecular flexibility index (Phi) is 5.74. The SMILES string of the molecule is CC(=O)CC(C)(N=C=S)c1cc(NC(=O)C(F)(F)F)ccc1F. The van der Waals surface area contributed by atoms with Gasteiger partial charge >= 0.3 is 12.1 Å². The molecule has 1 rings (SSSR count). The molecule has 124 valence electrons. The lowest BCUT2D eigenvalue weighted by molar-refractivity contribution is -0.167. The second-order valence-electron chi connectivity index (χ2n) is 5.00. The molecule has 1 unspecified atom stereocenters. The van der Waals surface area contributed by atoms with Crippen LogP contribution in [0.25, 0.3) is 0 Å². The highest BCUT2D eigenvalue weighted by Gasteiger charge is 2.39. The lowest BCUT2D eigenvalue weighted by atomic mass is 9.87. The molecular weight excluding hydrogens is 336 g/mol. The Labute approximate surface area is 134 Å². The van der Waals surface area contributed by atoms with Crippen molar-refractivity contribution in [3.05, 3.63) is 29.6 Å². The van der Waals surface area contributed by atoms with Crippen LogP contribution < -0.4 is 5.32 Å². The number of carbonyl (C=O) groups is 2. The van der Waals surface area contributed by atoms with E-state index in [0.717, 1.165) is 18.2 Å². The number of halogens is 4. The maximum atomic E-state index is 14.0. The highest BCUT2D eigenvalue weighted by Crippen LogP contribution is 2.33. The minimum atomic E-state index is -5.08. The Morgan fingerprint density at radius 3 is 2.43 bits per heavy atom. The molecule has 0 aliphatic rings. The van der Waals surface area contributed by atoms with E-state index in [1.807, 2.05) is 5.16 Å². The number of thiocarbonyl (C=S) groups is 1.